The summed E-state index contributed by atoms with van der Waals surface area (Å²) in [5.74, 6) is 0.618. The lowest BCUT2D eigenvalue weighted by atomic mass is 10.1. The van der Waals surface area contributed by atoms with Gasteiger partial charge in [-0.25, -0.2) is 15.0 Å². The molecule has 0 saturated carbocycles. The molecule has 3 aromatic heterocycles. The molecule has 5 aromatic rings. The maximum absolute atomic E-state index is 13.1. The molecule has 0 saturated heterocycles. The second-order valence-electron chi connectivity index (χ2n) is 7.08. The van der Waals surface area contributed by atoms with E-state index in [4.69, 9.17) is 16.6 Å². The summed E-state index contributed by atoms with van der Waals surface area (Å²) in [5.41, 5.74) is 3.53. The van der Waals surface area contributed by atoms with Crippen molar-refractivity contribution in [1.29, 1.82) is 0 Å². The standard InChI is InChI=1S/C23H17ClN4OS/c1-14-18-19-20(23(29)28(13-25-19)12-11-15-5-3-2-4-6-15)30-22(18)27-21(26-14)16-7-9-17(24)10-8-16/h2-10,13H,11-12H2,1H3. The summed E-state index contributed by atoms with van der Waals surface area (Å²) in [7, 11) is 0. The van der Waals surface area contributed by atoms with Crippen LogP contribution in [0.5, 0.6) is 0 Å². The Morgan fingerprint density at radius 1 is 1.03 bits per heavy atom. The van der Waals surface area contributed by atoms with E-state index in [9.17, 15) is 4.79 Å². The van der Waals surface area contributed by atoms with Gasteiger partial charge in [0.1, 0.15) is 9.53 Å². The number of aromatic nitrogens is 4. The molecule has 0 bridgehead atoms. The number of fused-ring (bicyclic) bond motifs is 3. The van der Waals surface area contributed by atoms with Gasteiger partial charge in [0.2, 0.25) is 0 Å². The number of nitrogens with zero attached hydrogens (tertiary/aromatic N) is 4. The molecule has 0 aliphatic carbocycles. The maximum atomic E-state index is 13.1. The van der Waals surface area contributed by atoms with Crippen LogP contribution in [-0.2, 0) is 13.0 Å². The highest BCUT2D eigenvalue weighted by molar-refractivity contribution is 7.25. The lowest BCUT2D eigenvalue weighted by Crippen LogP contribution is -2.20. The van der Waals surface area contributed by atoms with Crippen LogP contribution >= 0.6 is 22.9 Å². The third-order valence-electron chi connectivity index (χ3n) is 5.08. The van der Waals surface area contributed by atoms with Crippen LogP contribution in [0.2, 0.25) is 5.02 Å². The predicted molar refractivity (Wildman–Crippen MR) is 122 cm³/mol. The fraction of sp³-hybridized carbons (Fsp3) is 0.130. The molecule has 0 N–H and O–H groups in total. The van der Waals surface area contributed by atoms with E-state index >= 15 is 0 Å². The minimum Gasteiger partial charge on any atom is -0.298 e. The monoisotopic (exact) mass is 432 g/mol. The van der Waals surface area contributed by atoms with Crippen molar-refractivity contribution in [3.05, 3.63) is 87.6 Å². The van der Waals surface area contributed by atoms with E-state index in [-0.39, 0.29) is 5.56 Å². The van der Waals surface area contributed by atoms with Crippen molar-refractivity contribution in [3.63, 3.8) is 0 Å². The van der Waals surface area contributed by atoms with Crippen LogP contribution in [0.4, 0.5) is 0 Å². The topological polar surface area (TPSA) is 60.7 Å². The average Bonchev–Trinajstić information content (AvgIpc) is 3.14. The highest BCUT2D eigenvalue weighted by atomic mass is 35.5. The molecule has 0 radical (unpaired) electrons. The number of thiophene rings is 1. The molecule has 30 heavy (non-hydrogen) atoms. The van der Waals surface area contributed by atoms with E-state index in [1.54, 1.807) is 10.9 Å². The summed E-state index contributed by atoms with van der Waals surface area (Å²) in [5, 5.41) is 1.51. The predicted octanol–water partition coefficient (Wildman–Crippen LogP) is 5.27. The van der Waals surface area contributed by atoms with Gasteiger partial charge in [0.25, 0.3) is 5.56 Å². The van der Waals surface area contributed by atoms with E-state index in [2.05, 4.69) is 22.1 Å². The van der Waals surface area contributed by atoms with Crippen LogP contribution in [0.3, 0.4) is 0 Å². The quantitative estimate of drug-likeness (QED) is 0.388. The van der Waals surface area contributed by atoms with E-state index in [0.29, 0.717) is 27.6 Å². The highest BCUT2D eigenvalue weighted by Crippen LogP contribution is 2.32. The van der Waals surface area contributed by atoms with Crippen molar-refractivity contribution in [2.45, 2.75) is 19.9 Å². The number of rotatable bonds is 4. The van der Waals surface area contributed by atoms with Crippen LogP contribution < -0.4 is 5.56 Å². The van der Waals surface area contributed by atoms with E-state index in [0.717, 1.165) is 27.9 Å². The van der Waals surface area contributed by atoms with Crippen molar-refractivity contribution in [2.75, 3.05) is 0 Å². The van der Waals surface area contributed by atoms with Crippen LogP contribution in [0.1, 0.15) is 11.3 Å². The first-order chi connectivity index (χ1) is 14.6. The minimum absolute atomic E-state index is 0.0358. The number of hydrogen-bond donors (Lipinski definition) is 0. The van der Waals surface area contributed by atoms with Gasteiger partial charge in [0.15, 0.2) is 5.82 Å². The molecule has 0 amide bonds. The Morgan fingerprint density at radius 2 is 1.80 bits per heavy atom. The smallest absolute Gasteiger partial charge is 0.271 e. The second-order valence-corrected chi connectivity index (χ2v) is 8.51. The molecule has 5 rings (SSSR count). The lowest BCUT2D eigenvalue weighted by Gasteiger charge is -2.05. The minimum atomic E-state index is -0.0358. The fourth-order valence-corrected chi connectivity index (χ4v) is 4.77. The second kappa shape index (κ2) is 7.63. The SMILES string of the molecule is Cc1nc(-c2ccc(Cl)cc2)nc2sc3c(=O)n(CCc4ccccc4)cnc3c12. The molecule has 7 heteroatoms. The molecule has 0 unspecified atom stereocenters. The summed E-state index contributed by atoms with van der Waals surface area (Å²) in [6, 6.07) is 17.5. The largest absolute Gasteiger partial charge is 0.298 e. The molecule has 2 aromatic carbocycles. The third-order valence-corrected chi connectivity index (χ3v) is 6.39. The number of benzene rings is 2. The van der Waals surface area contributed by atoms with Gasteiger partial charge in [-0.1, -0.05) is 41.9 Å². The van der Waals surface area contributed by atoms with Gasteiger partial charge in [-0.15, -0.1) is 11.3 Å². The fourth-order valence-electron chi connectivity index (χ4n) is 3.51. The van der Waals surface area contributed by atoms with Gasteiger partial charge in [0.05, 0.1) is 22.9 Å². The Bertz CT molecular complexity index is 1430. The first-order valence-corrected chi connectivity index (χ1v) is 10.8. The van der Waals surface area contributed by atoms with Crippen LogP contribution in [0.25, 0.3) is 31.8 Å². The zero-order chi connectivity index (χ0) is 20.7. The Balaban J connectivity index is 1.58. The van der Waals surface area contributed by atoms with E-state index in [1.165, 1.54) is 16.9 Å². The number of hydrogen-bond acceptors (Lipinski definition) is 5. The molecule has 3 heterocycles. The number of aryl methyl sites for hydroxylation is 3. The molecule has 5 nitrogen and oxygen atoms in total. The Hall–Kier alpha value is -3.09. The summed E-state index contributed by atoms with van der Waals surface area (Å²) >= 11 is 7.37. The van der Waals surface area contributed by atoms with Gasteiger partial charge in [0, 0.05) is 17.1 Å². The van der Waals surface area contributed by atoms with Crippen LogP contribution in [-0.4, -0.2) is 19.5 Å². The summed E-state index contributed by atoms with van der Waals surface area (Å²) in [6.45, 7) is 2.51. The van der Waals surface area contributed by atoms with Crippen molar-refractivity contribution in [1.82, 2.24) is 19.5 Å². The van der Waals surface area contributed by atoms with Gasteiger partial charge >= 0.3 is 0 Å². The Kier molecular flexibility index (Phi) is 4.81. The molecule has 0 fully saturated rings. The first kappa shape index (κ1) is 18.9. The molecular weight excluding hydrogens is 416 g/mol. The zero-order valence-corrected chi connectivity index (χ0v) is 17.7. The van der Waals surface area contributed by atoms with Crippen molar-refractivity contribution < 1.29 is 0 Å². The van der Waals surface area contributed by atoms with Gasteiger partial charge in [-0.2, -0.15) is 0 Å². The third kappa shape index (κ3) is 3.38. The average molecular weight is 433 g/mol. The summed E-state index contributed by atoms with van der Waals surface area (Å²) in [4.78, 5) is 27.8. The Morgan fingerprint density at radius 3 is 2.57 bits per heavy atom. The van der Waals surface area contributed by atoms with Crippen LogP contribution in [0, 0.1) is 6.92 Å². The number of halogens is 1. The molecule has 0 atom stereocenters. The zero-order valence-electron chi connectivity index (χ0n) is 16.2. The molecule has 0 spiro atoms. The molecular formula is C23H17ClN4OS. The molecule has 0 aliphatic heterocycles. The highest BCUT2D eigenvalue weighted by Gasteiger charge is 2.17. The maximum Gasteiger partial charge on any atom is 0.271 e. The summed E-state index contributed by atoms with van der Waals surface area (Å²) in [6.07, 6.45) is 2.41. The molecule has 148 valence electrons. The van der Waals surface area contributed by atoms with Crippen LogP contribution in [0.15, 0.2) is 65.7 Å². The first-order valence-electron chi connectivity index (χ1n) is 9.56. The van der Waals surface area contributed by atoms with Crippen molar-refractivity contribution >= 4 is 43.4 Å². The van der Waals surface area contributed by atoms with Gasteiger partial charge < -0.3 is 0 Å². The van der Waals surface area contributed by atoms with Crippen molar-refractivity contribution in [2.24, 2.45) is 0 Å². The van der Waals surface area contributed by atoms with Crippen molar-refractivity contribution in [3.8, 4) is 11.4 Å². The lowest BCUT2D eigenvalue weighted by molar-refractivity contribution is 0.663. The van der Waals surface area contributed by atoms with E-state index in [1.807, 2.05) is 49.4 Å². The van der Waals surface area contributed by atoms with Gasteiger partial charge in [-0.05, 0) is 43.2 Å². The van der Waals surface area contributed by atoms with Gasteiger partial charge in [-0.3, -0.25) is 9.36 Å². The van der Waals surface area contributed by atoms with E-state index < -0.39 is 0 Å². The molecule has 0 aliphatic rings. The Labute approximate surface area is 181 Å². The normalized spacial score (nSPS) is 11.4. The summed E-state index contributed by atoms with van der Waals surface area (Å²) < 4.78 is 2.29.